The van der Waals surface area contributed by atoms with Gasteiger partial charge in [-0.25, -0.2) is 12.7 Å². The van der Waals surface area contributed by atoms with Gasteiger partial charge in [0, 0.05) is 32.3 Å². The lowest BCUT2D eigenvalue weighted by atomic mass is 9.91. The summed E-state index contributed by atoms with van der Waals surface area (Å²) in [6.07, 6.45) is 5.37. The summed E-state index contributed by atoms with van der Waals surface area (Å²) in [5.41, 5.74) is 0. The Bertz CT molecular complexity index is 385. The van der Waals surface area contributed by atoms with Gasteiger partial charge in [0.1, 0.15) is 0 Å². The van der Waals surface area contributed by atoms with Crippen LogP contribution in [0.2, 0.25) is 0 Å². The zero-order valence-corrected chi connectivity index (χ0v) is 13.5. The minimum Gasteiger partial charge on any atom is -0.381 e. The van der Waals surface area contributed by atoms with Crippen molar-refractivity contribution in [2.45, 2.75) is 62.8 Å². The van der Waals surface area contributed by atoms with Gasteiger partial charge < -0.3 is 10.1 Å². The van der Waals surface area contributed by atoms with E-state index in [0.29, 0.717) is 32.1 Å². The number of ether oxygens (including phenoxy) is 1. The molecule has 2 fully saturated rings. The third kappa shape index (κ3) is 3.72. The highest BCUT2D eigenvalue weighted by molar-refractivity contribution is 7.89. The summed E-state index contributed by atoms with van der Waals surface area (Å²) >= 11 is 0. The molecule has 5 nitrogen and oxygen atoms in total. The second-order valence-corrected chi connectivity index (χ2v) is 8.21. The van der Waals surface area contributed by atoms with E-state index in [1.807, 2.05) is 0 Å². The Kier molecular flexibility index (Phi) is 5.84. The fourth-order valence-corrected chi connectivity index (χ4v) is 5.23. The standard InChI is InChI=1S/C14H28N2O3S/c1-3-15-12-4-6-13(7-5-12)16(2)20(17,18)14-8-10-19-11-9-14/h12-15H,3-11H2,1-2H3. The molecular formula is C14H28N2O3S. The predicted octanol–water partition coefficient (Wildman–Crippen LogP) is 1.35. The van der Waals surface area contributed by atoms with Crippen LogP contribution < -0.4 is 5.32 Å². The maximum absolute atomic E-state index is 12.6. The molecule has 0 aromatic carbocycles. The molecule has 1 aliphatic heterocycles. The van der Waals surface area contributed by atoms with Crippen molar-refractivity contribution in [2.75, 3.05) is 26.8 Å². The number of hydrogen-bond acceptors (Lipinski definition) is 4. The zero-order chi connectivity index (χ0) is 14.6. The Morgan fingerprint density at radius 3 is 2.25 bits per heavy atom. The van der Waals surface area contributed by atoms with Crippen molar-refractivity contribution in [2.24, 2.45) is 0 Å². The van der Waals surface area contributed by atoms with E-state index in [2.05, 4.69) is 12.2 Å². The molecule has 118 valence electrons. The van der Waals surface area contributed by atoms with Gasteiger partial charge in [-0.1, -0.05) is 6.92 Å². The van der Waals surface area contributed by atoms with Gasteiger partial charge in [0.05, 0.1) is 5.25 Å². The number of rotatable bonds is 5. The average Bonchev–Trinajstić information content (AvgIpc) is 2.48. The molecule has 1 N–H and O–H groups in total. The Balaban J connectivity index is 1.91. The quantitative estimate of drug-likeness (QED) is 0.833. The van der Waals surface area contributed by atoms with E-state index in [4.69, 9.17) is 4.74 Å². The van der Waals surface area contributed by atoms with Crippen molar-refractivity contribution in [3.05, 3.63) is 0 Å². The molecule has 0 atom stereocenters. The van der Waals surface area contributed by atoms with Gasteiger partial charge in [-0.15, -0.1) is 0 Å². The maximum Gasteiger partial charge on any atom is 0.217 e. The van der Waals surface area contributed by atoms with Crippen LogP contribution >= 0.6 is 0 Å². The lowest BCUT2D eigenvalue weighted by Gasteiger charge is -2.36. The highest BCUT2D eigenvalue weighted by atomic mass is 32.2. The van der Waals surface area contributed by atoms with Crippen molar-refractivity contribution in [1.29, 1.82) is 0 Å². The van der Waals surface area contributed by atoms with Gasteiger partial charge in [-0.3, -0.25) is 0 Å². The molecule has 1 saturated carbocycles. The van der Waals surface area contributed by atoms with Crippen molar-refractivity contribution >= 4 is 10.0 Å². The summed E-state index contributed by atoms with van der Waals surface area (Å²) in [6, 6.07) is 0.744. The lowest BCUT2D eigenvalue weighted by molar-refractivity contribution is 0.0967. The smallest absolute Gasteiger partial charge is 0.217 e. The first-order chi connectivity index (χ1) is 9.55. The van der Waals surface area contributed by atoms with Crippen molar-refractivity contribution in [3.63, 3.8) is 0 Å². The predicted molar refractivity (Wildman–Crippen MR) is 80.2 cm³/mol. The highest BCUT2D eigenvalue weighted by Crippen LogP contribution is 2.27. The largest absolute Gasteiger partial charge is 0.381 e. The van der Waals surface area contributed by atoms with E-state index < -0.39 is 10.0 Å². The minimum absolute atomic E-state index is 0.178. The van der Waals surface area contributed by atoms with Crippen LogP contribution in [0.15, 0.2) is 0 Å². The molecule has 2 aliphatic rings. The van der Waals surface area contributed by atoms with Gasteiger partial charge in [0.15, 0.2) is 0 Å². The molecule has 2 rings (SSSR count). The molecule has 6 heteroatoms. The third-order valence-corrected chi connectivity index (χ3v) is 7.11. The van der Waals surface area contributed by atoms with Crippen LogP contribution in [-0.2, 0) is 14.8 Å². The van der Waals surface area contributed by atoms with Crippen LogP contribution in [0.4, 0.5) is 0 Å². The van der Waals surface area contributed by atoms with Crippen molar-refractivity contribution in [1.82, 2.24) is 9.62 Å². The second-order valence-electron chi connectivity index (χ2n) is 5.94. The van der Waals surface area contributed by atoms with Crippen LogP contribution in [0.3, 0.4) is 0 Å². The van der Waals surface area contributed by atoms with Gasteiger partial charge in [0.25, 0.3) is 0 Å². The van der Waals surface area contributed by atoms with Crippen LogP contribution in [0.1, 0.15) is 45.4 Å². The normalized spacial score (nSPS) is 29.8. The fraction of sp³-hybridized carbons (Fsp3) is 1.00. The maximum atomic E-state index is 12.6. The summed E-state index contributed by atoms with van der Waals surface area (Å²) in [4.78, 5) is 0. The Morgan fingerprint density at radius 2 is 1.70 bits per heavy atom. The fourth-order valence-electron chi connectivity index (χ4n) is 3.35. The van der Waals surface area contributed by atoms with Gasteiger partial charge >= 0.3 is 0 Å². The Hall–Kier alpha value is -0.170. The SMILES string of the molecule is CCNC1CCC(N(C)S(=O)(=O)C2CCOCC2)CC1. The molecule has 0 radical (unpaired) electrons. The van der Waals surface area contributed by atoms with Crippen LogP contribution in [-0.4, -0.2) is 56.9 Å². The van der Waals surface area contributed by atoms with E-state index in [9.17, 15) is 8.42 Å². The molecule has 0 bridgehead atoms. The minimum atomic E-state index is -3.16. The number of nitrogens with zero attached hydrogens (tertiary/aromatic N) is 1. The number of hydrogen-bond donors (Lipinski definition) is 1. The number of sulfonamides is 1. The first kappa shape index (κ1) is 16.2. The van der Waals surface area contributed by atoms with Crippen LogP contribution in [0, 0.1) is 0 Å². The monoisotopic (exact) mass is 304 g/mol. The van der Waals surface area contributed by atoms with E-state index in [1.165, 1.54) is 0 Å². The molecule has 0 amide bonds. The summed E-state index contributed by atoms with van der Waals surface area (Å²) in [6.45, 7) is 4.26. The van der Waals surface area contributed by atoms with Crippen molar-refractivity contribution < 1.29 is 13.2 Å². The van der Waals surface area contributed by atoms with E-state index in [0.717, 1.165) is 32.2 Å². The summed E-state index contributed by atoms with van der Waals surface area (Å²) < 4.78 is 32.2. The van der Waals surface area contributed by atoms with E-state index >= 15 is 0 Å². The average molecular weight is 304 g/mol. The molecule has 1 aliphatic carbocycles. The lowest BCUT2D eigenvalue weighted by Crippen LogP contribution is -2.47. The van der Waals surface area contributed by atoms with E-state index in [1.54, 1.807) is 11.4 Å². The van der Waals surface area contributed by atoms with Crippen LogP contribution in [0.25, 0.3) is 0 Å². The molecule has 0 spiro atoms. The first-order valence-electron chi connectivity index (χ1n) is 7.83. The molecule has 0 aromatic rings. The third-order valence-electron chi connectivity index (χ3n) is 4.69. The Labute approximate surface area is 123 Å². The van der Waals surface area contributed by atoms with Crippen molar-refractivity contribution in [3.8, 4) is 0 Å². The molecule has 1 heterocycles. The van der Waals surface area contributed by atoms with Gasteiger partial charge in [-0.2, -0.15) is 0 Å². The first-order valence-corrected chi connectivity index (χ1v) is 9.34. The van der Waals surface area contributed by atoms with E-state index in [-0.39, 0.29) is 11.3 Å². The second kappa shape index (κ2) is 7.20. The molecule has 0 unspecified atom stereocenters. The van der Waals surface area contributed by atoms with Gasteiger partial charge in [0.2, 0.25) is 10.0 Å². The topological polar surface area (TPSA) is 58.6 Å². The molecule has 1 saturated heterocycles. The van der Waals surface area contributed by atoms with Gasteiger partial charge in [-0.05, 0) is 45.1 Å². The molecule has 0 aromatic heterocycles. The molecular weight excluding hydrogens is 276 g/mol. The van der Waals surface area contributed by atoms with Crippen LogP contribution in [0.5, 0.6) is 0 Å². The highest BCUT2D eigenvalue weighted by Gasteiger charge is 2.36. The molecule has 20 heavy (non-hydrogen) atoms. The summed E-state index contributed by atoms with van der Waals surface area (Å²) in [5.74, 6) is 0. The number of nitrogens with one attached hydrogen (secondary N) is 1. The zero-order valence-electron chi connectivity index (χ0n) is 12.7. The Morgan fingerprint density at radius 1 is 1.10 bits per heavy atom. The summed E-state index contributed by atoms with van der Waals surface area (Å²) in [5, 5.41) is 3.22. The summed E-state index contributed by atoms with van der Waals surface area (Å²) in [7, 11) is -1.39.